The molecule has 0 aliphatic carbocycles. The van der Waals surface area contributed by atoms with Crippen LogP contribution in [0, 0.1) is 17.0 Å². The molecular weight excluding hydrogens is 252 g/mol. The molecule has 1 amide bonds. The molecule has 0 aromatic carbocycles. The third-order valence-corrected chi connectivity index (χ3v) is 2.65. The number of nitrogens with one attached hydrogen (secondary N) is 1. The minimum Gasteiger partial charge on any atom is -0.322 e. The minimum absolute atomic E-state index is 0.0951. The van der Waals surface area contributed by atoms with E-state index in [0.29, 0.717) is 5.69 Å². The van der Waals surface area contributed by atoms with Gasteiger partial charge in [0.15, 0.2) is 0 Å². The molecule has 2 heterocycles. The van der Waals surface area contributed by atoms with Gasteiger partial charge in [0.05, 0.1) is 22.5 Å². The first-order valence-electron chi connectivity index (χ1n) is 5.42. The second kappa shape index (κ2) is 4.88. The quantitative estimate of drug-likeness (QED) is 0.638. The number of aromatic nitrogens is 4. The molecule has 19 heavy (non-hydrogen) atoms. The zero-order chi connectivity index (χ0) is 14.0. The third kappa shape index (κ3) is 2.76. The van der Waals surface area contributed by atoms with Crippen molar-refractivity contribution in [3.05, 3.63) is 34.4 Å². The molecule has 0 bridgehead atoms. The number of hydrogen-bond acceptors (Lipinski definition) is 5. The Balaban J connectivity index is 2.01. The first kappa shape index (κ1) is 12.7. The molecule has 0 spiro atoms. The lowest BCUT2D eigenvalue weighted by atomic mass is 10.4. The second-order valence-electron chi connectivity index (χ2n) is 3.97. The summed E-state index contributed by atoms with van der Waals surface area (Å²) in [6, 6.07) is 0. The number of carbonyl (C=O) groups is 1. The van der Waals surface area contributed by atoms with Gasteiger partial charge in [0.1, 0.15) is 18.9 Å². The molecule has 9 nitrogen and oxygen atoms in total. The van der Waals surface area contributed by atoms with Gasteiger partial charge in [-0.15, -0.1) is 0 Å². The van der Waals surface area contributed by atoms with Gasteiger partial charge in [0, 0.05) is 7.05 Å². The number of nitro groups is 1. The number of rotatable bonds is 4. The molecule has 2 rings (SSSR count). The average Bonchev–Trinajstić information content (AvgIpc) is 2.91. The van der Waals surface area contributed by atoms with Crippen molar-refractivity contribution >= 4 is 17.3 Å². The minimum atomic E-state index is -0.563. The Morgan fingerprint density at radius 1 is 1.47 bits per heavy atom. The Bertz CT molecular complexity index is 629. The Hall–Kier alpha value is -2.71. The summed E-state index contributed by atoms with van der Waals surface area (Å²) < 4.78 is 2.84. The monoisotopic (exact) mass is 264 g/mol. The Morgan fingerprint density at radius 3 is 2.74 bits per heavy atom. The van der Waals surface area contributed by atoms with Crippen LogP contribution in [0.15, 0.2) is 18.6 Å². The Labute approximate surface area is 108 Å². The van der Waals surface area contributed by atoms with Crippen LogP contribution in [0.1, 0.15) is 5.69 Å². The van der Waals surface area contributed by atoms with E-state index in [9.17, 15) is 14.9 Å². The second-order valence-corrected chi connectivity index (χ2v) is 3.97. The van der Waals surface area contributed by atoms with E-state index in [1.54, 1.807) is 17.9 Å². The lowest BCUT2D eigenvalue weighted by Gasteiger charge is -2.04. The maximum absolute atomic E-state index is 11.7. The molecule has 0 saturated heterocycles. The zero-order valence-corrected chi connectivity index (χ0v) is 10.4. The number of carbonyl (C=O) groups excluding carboxylic acids is 1. The lowest BCUT2D eigenvalue weighted by Crippen LogP contribution is -2.19. The number of amides is 1. The van der Waals surface area contributed by atoms with Gasteiger partial charge in [-0.1, -0.05) is 0 Å². The van der Waals surface area contributed by atoms with Crippen molar-refractivity contribution in [1.82, 2.24) is 19.6 Å². The maximum atomic E-state index is 11.7. The fraction of sp³-hybridized carbons (Fsp3) is 0.300. The highest BCUT2D eigenvalue weighted by molar-refractivity contribution is 5.90. The van der Waals surface area contributed by atoms with Crippen LogP contribution in [-0.4, -0.2) is 30.4 Å². The van der Waals surface area contributed by atoms with E-state index >= 15 is 0 Å². The van der Waals surface area contributed by atoms with Gasteiger partial charge in [-0.2, -0.15) is 10.2 Å². The van der Waals surface area contributed by atoms with Gasteiger partial charge in [-0.25, -0.2) is 0 Å². The molecule has 2 aromatic rings. The highest BCUT2D eigenvalue weighted by atomic mass is 16.6. The van der Waals surface area contributed by atoms with Crippen LogP contribution >= 0.6 is 0 Å². The van der Waals surface area contributed by atoms with Crippen molar-refractivity contribution in [1.29, 1.82) is 0 Å². The van der Waals surface area contributed by atoms with E-state index < -0.39 is 4.92 Å². The van der Waals surface area contributed by atoms with Crippen molar-refractivity contribution in [2.75, 3.05) is 5.32 Å². The summed E-state index contributed by atoms with van der Waals surface area (Å²) in [6.45, 7) is 1.73. The van der Waals surface area contributed by atoms with E-state index in [4.69, 9.17) is 0 Å². The van der Waals surface area contributed by atoms with Crippen LogP contribution in [0.25, 0.3) is 0 Å². The molecular formula is C10H12N6O3. The third-order valence-electron chi connectivity index (χ3n) is 2.65. The Kier molecular flexibility index (Phi) is 3.27. The predicted octanol–water partition coefficient (Wildman–Crippen LogP) is 0.472. The van der Waals surface area contributed by atoms with Crippen molar-refractivity contribution in [3.63, 3.8) is 0 Å². The van der Waals surface area contributed by atoms with Crippen LogP contribution in [-0.2, 0) is 18.4 Å². The van der Waals surface area contributed by atoms with Crippen LogP contribution in [0.2, 0.25) is 0 Å². The van der Waals surface area contributed by atoms with Crippen LogP contribution in [0.5, 0.6) is 0 Å². The van der Waals surface area contributed by atoms with Gasteiger partial charge >= 0.3 is 5.69 Å². The predicted molar refractivity (Wildman–Crippen MR) is 65.5 cm³/mol. The van der Waals surface area contributed by atoms with Gasteiger partial charge in [0.2, 0.25) is 5.91 Å². The molecule has 9 heteroatoms. The van der Waals surface area contributed by atoms with E-state index in [0.717, 1.165) is 11.9 Å². The number of nitrogens with zero attached hydrogens (tertiary/aromatic N) is 5. The summed E-state index contributed by atoms with van der Waals surface area (Å²) in [5.41, 5.74) is 1.28. The smallest absolute Gasteiger partial charge is 0.307 e. The van der Waals surface area contributed by atoms with E-state index in [-0.39, 0.29) is 18.1 Å². The van der Waals surface area contributed by atoms with E-state index in [2.05, 4.69) is 15.5 Å². The fourth-order valence-electron chi connectivity index (χ4n) is 1.49. The normalized spacial score (nSPS) is 10.4. The maximum Gasteiger partial charge on any atom is 0.307 e. The molecule has 0 unspecified atom stereocenters. The van der Waals surface area contributed by atoms with Crippen molar-refractivity contribution < 1.29 is 9.72 Å². The summed E-state index contributed by atoms with van der Waals surface area (Å²) >= 11 is 0. The molecule has 0 aliphatic rings. The van der Waals surface area contributed by atoms with Crippen LogP contribution < -0.4 is 5.32 Å². The standard InChI is InChI=1S/C10H12N6O3/c1-7-9(4-11-14(7)2)13-10(17)6-15-5-8(3-12-15)16(18)19/h3-5H,6H2,1-2H3,(H,13,17). The van der Waals surface area contributed by atoms with Gasteiger partial charge in [-0.05, 0) is 6.92 Å². The molecule has 0 radical (unpaired) electrons. The zero-order valence-electron chi connectivity index (χ0n) is 10.4. The van der Waals surface area contributed by atoms with Crippen LogP contribution in [0.3, 0.4) is 0 Å². The highest BCUT2D eigenvalue weighted by Crippen LogP contribution is 2.12. The lowest BCUT2D eigenvalue weighted by molar-refractivity contribution is -0.385. The van der Waals surface area contributed by atoms with Crippen molar-refractivity contribution in [2.24, 2.45) is 7.05 Å². The largest absolute Gasteiger partial charge is 0.322 e. The summed E-state index contributed by atoms with van der Waals surface area (Å²) in [4.78, 5) is 21.7. The van der Waals surface area contributed by atoms with Gasteiger partial charge in [0.25, 0.3) is 0 Å². The molecule has 100 valence electrons. The molecule has 0 fully saturated rings. The summed E-state index contributed by atoms with van der Waals surface area (Å²) in [5.74, 6) is -0.325. The van der Waals surface area contributed by atoms with Gasteiger partial charge in [-0.3, -0.25) is 24.3 Å². The first-order valence-corrected chi connectivity index (χ1v) is 5.42. The number of aryl methyl sites for hydroxylation is 1. The van der Waals surface area contributed by atoms with Crippen LogP contribution in [0.4, 0.5) is 11.4 Å². The van der Waals surface area contributed by atoms with Crippen molar-refractivity contribution in [3.8, 4) is 0 Å². The molecule has 0 saturated carbocycles. The molecule has 2 aromatic heterocycles. The Morgan fingerprint density at radius 2 is 2.21 bits per heavy atom. The SMILES string of the molecule is Cc1c(NC(=O)Cn2cc([N+](=O)[O-])cn2)cnn1C. The summed E-state index contributed by atoms with van der Waals surface area (Å²) in [6.07, 6.45) is 3.84. The molecule has 0 aliphatic heterocycles. The first-order chi connectivity index (χ1) is 8.97. The number of anilines is 1. The van der Waals surface area contributed by atoms with Crippen molar-refractivity contribution in [2.45, 2.75) is 13.5 Å². The summed E-state index contributed by atoms with van der Waals surface area (Å²) in [5, 5.41) is 20.9. The topological polar surface area (TPSA) is 108 Å². The molecule has 0 atom stereocenters. The van der Waals surface area contributed by atoms with E-state index in [1.807, 2.05) is 6.92 Å². The molecule has 1 N–H and O–H groups in total. The number of hydrogen-bond donors (Lipinski definition) is 1. The van der Waals surface area contributed by atoms with Gasteiger partial charge < -0.3 is 5.32 Å². The average molecular weight is 264 g/mol. The fourth-order valence-corrected chi connectivity index (χ4v) is 1.49. The highest BCUT2D eigenvalue weighted by Gasteiger charge is 2.12. The summed E-state index contributed by atoms with van der Waals surface area (Å²) in [7, 11) is 1.77. The van der Waals surface area contributed by atoms with E-state index in [1.165, 1.54) is 10.9 Å².